The van der Waals surface area contributed by atoms with Gasteiger partial charge in [-0.25, -0.2) is 0 Å². The lowest BCUT2D eigenvalue weighted by Crippen LogP contribution is -2.43. The van der Waals surface area contributed by atoms with Crippen LogP contribution < -0.4 is 15.6 Å². The second-order valence-electron chi connectivity index (χ2n) is 5.85. The van der Waals surface area contributed by atoms with Crippen molar-refractivity contribution in [3.8, 4) is 5.75 Å². The Labute approximate surface area is 178 Å². The van der Waals surface area contributed by atoms with Crippen LogP contribution in [0.1, 0.15) is 11.5 Å². The smallest absolute Gasteiger partial charge is 0.276 e. The molecular formula is C20H16Br2N2O4. The number of amides is 2. The number of halogens is 2. The molecule has 0 bridgehead atoms. The van der Waals surface area contributed by atoms with Crippen LogP contribution >= 0.6 is 31.9 Å². The maximum absolute atomic E-state index is 11.9. The lowest BCUT2D eigenvalue weighted by Gasteiger charge is -2.11. The first-order valence-electron chi connectivity index (χ1n) is 8.26. The van der Waals surface area contributed by atoms with Gasteiger partial charge in [-0.05, 0) is 70.0 Å². The SMILES string of the molecule is Cc1ccc(C=CC(=O)NNC(=O)COc2ccc3cc(Br)ccc3c2Br)o1. The number of aryl methyl sites for hydroxylation is 1. The molecule has 2 amide bonds. The highest BCUT2D eigenvalue weighted by atomic mass is 79.9. The number of furan rings is 1. The molecule has 0 aliphatic heterocycles. The molecule has 8 heteroatoms. The van der Waals surface area contributed by atoms with Crippen molar-refractivity contribution < 1.29 is 18.7 Å². The standard InChI is InChI=1S/C20H16Br2N2O4/c1-12-2-5-15(28-12)6-9-18(25)23-24-19(26)11-27-17-8-3-13-10-14(21)4-7-16(13)20(17)22/h2-10H,11H2,1H3,(H,23,25)(H,24,26). The van der Waals surface area contributed by atoms with Crippen LogP contribution in [0.4, 0.5) is 0 Å². The monoisotopic (exact) mass is 506 g/mol. The predicted molar refractivity (Wildman–Crippen MR) is 114 cm³/mol. The summed E-state index contributed by atoms with van der Waals surface area (Å²) in [7, 11) is 0. The van der Waals surface area contributed by atoms with Crippen molar-refractivity contribution in [1.82, 2.24) is 10.9 Å². The molecule has 0 aliphatic rings. The zero-order chi connectivity index (χ0) is 20.1. The van der Waals surface area contributed by atoms with E-state index >= 15 is 0 Å². The fraction of sp³-hybridized carbons (Fsp3) is 0.100. The summed E-state index contributed by atoms with van der Waals surface area (Å²) >= 11 is 6.94. The van der Waals surface area contributed by atoms with Crippen LogP contribution in [-0.4, -0.2) is 18.4 Å². The van der Waals surface area contributed by atoms with E-state index < -0.39 is 11.8 Å². The fourth-order valence-corrected chi connectivity index (χ4v) is 3.39. The number of hydrogen-bond acceptors (Lipinski definition) is 4. The molecule has 0 spiro atoms. The number of carbonyl (C=O) groups excluding carboxylic acids is 2. The van der Waals surface area contributed by atoms with E-state index in [4.69, 9.17) is 9.15 Å². The molecule has 0 saturated heterocycles. The van der Waals surface area contributed by atoms with E-state index in [0.29, 0.717) is 11.5 Å². The van der Waals surface area contributed by atoms with Crippen LogP contribution in [0, 0.1) is 6.92 Å². The Morgan fingerprint density at radius 1 is 1.11 bits per heavy atom. The first-order chi connectivity index (χ1) is 13.4. The molecule has 28 heavy (non-hydrogen) atoms. The minimum Gasteiger partial charge on any atom is -0.483 e. The van der Waals surface area contributed by atoms with Crippen molar-refractivity contribution in [3.05, 3.63) is 69.0 Å². The van der Waals surface area contributed by atoms with E-state index in [1.807, 2.05) is 31.2 Å². The normalized spacial score (nSPS) is 11.0. The quantitative estimate of drug-likeness (QED) is 0.393. The van der Waals surface area contributed by atoms with Crippen LogP contribution in [0.3, 0.4) is 0 Å². The van der Waals surface area contributed by atoms with E-state index in [1.54, 1.807) is 18.2 Å². The predicted octanol–water partition coefficient (Wildman–Crippen LogP) is 4.51. The molecular weight excluding hydrogens is 492 g/mol. The summed E-state index contributed by atoms with van der Waals surface area (Å²) in [6, 6.07) is 13.1. The lowest BCUT2D eigenvalue weighted by molar-refractivity contribution is -0.128. The number of benzene rings is 2. The van der Waals surface area contributed by atoms with E-state index in [1.165, 1.54) is 12.2 Å². The summed E-state index contributed by atoms with van der Waals surface area (Å²) in [6.07, 6.45) is 2.77. The molecule has 0 fully saturated rings. The highest BCUT2D eigenvalue weighted by Gasteiger charge is 2.09. The van der Waals surface area contributed by atoms with Crippen molar-refractivity contribution in [2.75, 3.05) is 6.61 Å². The van der Waals surface area contributed by atoms with Crippen molar-refractivity contribution in [2.45, 2.75) is 6.92 Å². The molecule has 0 atom stereocenters. The number of nitrogens with one attached hydrogen (secondary N) is 2. The average molecular weight is 508 g/mol. The lowest BCUT2D eigenvalue weighted by atomic mass is 10.1. The number of fused-ring (bicyclic) bond motifs is 1. The molecule has 0 saturated carbocycles. The molecule has 3 aromatic rings. The second-order valence-corrected chi connectivity index (χ2v) is 7.56. The Hall–Kier alpha value is -2.58. The summed E-state index contributed by atoms with van der Waals surface area (Å²) in [5, 5.41) is 2.00. The molecule has 144 valence electrons. The summed E-state index contributed by atoms with van der Waals surface area (Å²) in [6.45, 7) is 1.56. The van der Waals surface area contributed by atoms with Gasteiger partial charge < -0.3 is 9.15 Å². The Kier molecular flexibility index (Phi) is 6.53. The number of hydrogen-bond donors (Lipinski definition) is 2. The number of rotatable bonds is 5. The van der Waals surface area contributed by atoms with Gasteiger partial charge in [-0.3, -0.25) is 20.4 Å². The van der Waals surface area contributed by atoms with Gasteiger partial charge in [0.05, 0.1) is 4.47 Å². The first kappa shape index (κ1) is 20.2. The Balaban J connectivity index is 1.51. The van der Waals surface area contributed by atoms with Gasteiger partial charge >= 0.3 is 0 Å². The van der Waals surface area contributed by atoms with Crippen molar-refractivity contribution in [3.63, 3.8) is 0 Å². The van der Waals surface area contributed by atoms with E-state index in [2.05, 4.69) is 42.7 Å². The zero-order valence-electron chi connectivity index (χ0n) is 14.8. The largest absolute Gasteiger partial charge is 0.483 e. The van der Waals surface area contributed by atoms with Crippen LogP contribution in [0.5, 0.6) is 5.75 Å². The van der Waals surface area contributed by atoms with E-state index in [9.17, 15) is 9.59 Å². The molecule has 6 nitrogen and oxygen atoms in total. The summed E-state index contributed by atoms with van der Waals surface area (Å²) in [5.74, 6) is 0.858. The zero-order valence-corrected chi connectivity index (χ0v) is 18.0. The van der Waals surface area contributed by atoms with Crippen LogP contribution in [-0.2, 0) is 9.59 Å². The van der Waals surface area contributed by atoms with Gasteiger partial charge in [-0.2, -0.15) is 0 Å². The van der Waals surface area contributed by atoms with Gasteiger partial charge in [0.2, 0.25) is 0 Å². The van der Waals surface area contributed by atoms with Crippen LogP contribution in [0.25, 0.3) is 16.8 Å². The van der Waals surface area contributed by atoms with Gasteiger partial charge in [-0.1, -0.05) is 28.1 Å². The summed E-state index contributed by atoms with van der Waals surface area (Å²) < 4.78 is 12.6. The Morgan fingerprint density at radius 2 is 1.93 bits per heavy atom. The third kappa shape index (κ3) is 5.24. The third-order valence-electron chi connectivity index (χ3n) is 3.72. The van der Waals surface area contributed by atoms with Crippen molar-refractivity contribution >= 4 is 60.5 Å². The molecule has 1 heterocycles. The number of hydrazine groups is 1. The molecule has 1 aromatic heterocycles. The minimum absolute atomic E-state index is 0.248. The Bertz CT molecular complexity index is 1060. The van der Waals surface area contributed by atoms with Gasteiger partial charge in [0, 0.05) is 10.5 Å². The Morgan fingerprint density at radius 3 is 2.68 bits per heavy atom. The van der Waals surface area contributed by atoms with E-state index in [0.717, 1.165) is 25.5 Å². The van der Waals surface area contributed by atoms with Gasteiger partial charge in [0.15, 0.2) is 6.61 Å². The average Bonchev–Trinajstić information content (AvgIpc) is 3.09. The van der Waals surface area contributed by atoms with Gasteiger partial charge in [0.1, 0.15) is 17.3 Å². The van der Waals surface area contributed by atoms with Crippen LogP contribution in [0.15, 0.2) is 61.9 Å². The van der Waals surface area contributed by atoms with Crippen molar-refractivity contribution in [1.29, 1.82) is 0 Å². The first-order valence-corrected chi connectivity index (χ1v) is 9.85. The maximum atomic E-state index is 11.9. The highest BCUT2D eigenvalue weighted by molar-refractivity contribution is 9.11. The molecule has 0 radical (unpaired) electrons. The molecule has 3 rings (SSSR count). The maximum Gasteiger partial charge on any atom is 0.276 e. The topological polar surface area (TPSA) is 80.6 Å². The minimum atomic E-state index is -0.488. The molecule has 0 aliphatic carbocycles. The second kappa shape index (κ2) is 9.07. The number of carbonyl (C=O) groups is 2. The fourth-order valence-electron chi connectivity index (χ4n) is 2.41. The summed E-state index contributed by atoms with van der Waals surface area (Å²) in [4.78, 5) is 23.6. The van der Waals surface area contributed by atoms with Gasteiger partial charge in [-0.15, -0.1) is 0 Å². The summed E-state index contributed by atoms with van der Waals surface area (Å²) in [5.41, 5.74) is 4.57. The van der Waals surface area contributed by atoms with E-state index in [-0.39, 0.29) is 6.61 Å². The van der Waals surface area contributed by atoms with Crippen LogP contribution in [0.2, 0.25) is 0 Å². The molecule has 2 N–H and O–H groups in total. The van der Waals surface area contributed by atoms with Gasteiger partial charge in [0.25, 0.3) is 11.8 Å². The number of ether oxygens (including phenoxy) is 1. The molecule has 0 unspecified atom stereocenters. The third-order valence-corrected chi connectivity index (χ3v) is 5.04. The molecule has 2 aromatic carbocycles. The highest BCUT2D eigenvalue weighted by Crippen LogP contribution is 2.34. The van der Waals surface area contributed by atoms with Crippen molar-refractivity contribution in [2.24, 2.45) is 0 Å².